The van der Waals surface area contributed by atoms with Crippen LogP contribution in [0.5, 0.6) is 11.5 Å². The standard InChI is InChI=1S/C19H19F3N2O5S/c1-12(18(25)23-14-5-3-13(4-6-14)19(20,21)22)24(30(2,26)27)15-7-8-16-17(11-15)29-10-9-28-16/h3-8,11-12H,9-10H2,1-2H3,(H,23,25)/t12-/m1/s1. The number of carbonyl (C=O) groups excluding carboxylic acids is 1. The van der Waals surface area contributed by atoms with Crippen molar-refractivity contribution in [1.82, 2.24) is 0 Å². The number of rotatable bonds is 5. The summed E-state index contributed by atoms with van der Waals surface area (Å²) in [5, 5.41) is 2.44. The zero-order valence-electron chi connectivity index (χ0n) is 16.1. The normalized spacial score (nSPS) is 14.7. The fourth-order valence-corrected chi connectivity index (χ4v) is 4.13. The second-order valence-electron chi connectivity index (χ2n) is 6.63. The highest BCUT2D eigenvalue weighted by atomic mass is 32.2. The van der Waals surface area contributed by atoms with Gasteiger partial charge >= 0.3 is 6.18 Å². The Balaban J connectivity index is 1.83. The first-order valence-corrected chi connectivity index (χ1v) is 10.7. The molecule has 3 rings (SSSR count). The van der Waals surface area contributed by atoms with Crippen LogP contribution >= 0.6 is 0 Å². The molecule has 30 heavy (non-hydrogen) atoms. The number of hydrogen-bond acceptors (Lipinski definition) is 5. The second-order valence-corrected chi connectivity index (χ2v) is 8.49. The fourth-order valence-electron chi connectivity index (χ4n) is 2.97. The van der Waals surface area contributed by atoms with Crippen LogP contribution < -0.4 is 19.1 Å². The molecule has 1 atom stereocenters. The van der Waals surface area contributed by atoms with Crippen molar-refractivity contribution in [3.63, 3.8) is 0 Å². The predicted octanol–water partition coefficient (Wildman–Crippen LogP) is 3.27. The maximum atomic E-state index is 12.7. The highest BCUT2D eigenvalue weighted by Crippen LogP contribution is 2.35. The van der Waals surface area contributed by atoms with E-state index in [1.54, 1.807) is 6.07 Å². The summed E-state index contributed by atoms with van der Waals surface area (Å²) in [6.45, 7) is 2.05. The van der Waals surface area contributed by atoms with Crippen molar-refractivity contribution in [1.29, 1.82) is 0 Å². The van der Waals surface area contributed by atoms with Crippen LogP contribution in [0.4, 0.5) is 24.5 Å². The molecule has 2 aromatic rings. The van der Waals surface area contributed by atoms with Gasteiger partial charge in [0.2, 0.25) is 15.9 Å². The Kier molecular flexibility index (Phi) is 5.84. The summed E-state index contributed by atoms with van der Waals surface area (Å²) < 4.78 is 74.6. The summed E-state index contributed by atoms with van der Waals surface area (Å²) in [4.78, 5) is 12.6. The lowest BCUT2D eigenvalue weighted by Gasteiger charge is -2.29. The summed E-state index contributed by atoms with van der Waals surface area (Å²) in [7, 11) is -3.88. The van der Waals surface area contributed by atoms with Gasteiger partial charge < -0.3 is 14.8 Å². The van der Waals surface area contributed by atoms with Crippen LogP contribution in [0.25, 0.3) is 0 Å². The van der Waals surface area contributed by atoms with E-state index in [-0.39, 0.29) is 11.4 Å². The van der Waals surface area contributed by atoms with Gasteiger partial charge in [-0.1, -0.05) is 0 Å². The Morgan fingerprint density at radius 2 is 1.67 bits per heavy atom. The monoisotopic (exact) mass is 444 g/mol. The second kappa shape index (κ2) is 8.05. The summed E-state index contributed by atoms with van der Waals surface area (Å²) in [6, 6.07) is 7.15. The van der Waals surface area contributed by atoms with Crippen molar-refractivity contribution in [2.45, 2.75) is 19.1 Å². The number of sulfonamides is 1. The molecule has 0 aromatic heterocycles. The molecule has 2 aromatic carbocycles. The molecule has 0 radical (unpaired) electrons. The highest BCUT2D eigenvalue weighted by Gasteiger charge is 2.32. The van der Waals surface area contributed by atoms with Crippen LogP contribution in [0.2, 0.25) is 0 Å². The summed E-state index contributed by atoms with van der Waals surface area (Å²) in [6.07, 6.45) is -3.55. The van der Waals surface area contributed by atoms with E-state index in [4.69, 9.17) is 9.47 Å². The Morgan fingerprint density at radius 1 is 1.07 bits per heavy atom. The van der Waals surface area contributed by atoms with Gasteiger partial charge in [0.15, 0.2) is 11.5 Å². The molecule has 1 heterocycles. The summed E-state index contributed by atoms with van der Waals surface area (Å²) >= 11 is 0. The third-order valence-corrected chi connectivity index (χ3v) is 5.59. The number of amides is 1. The van der Waals surface area contributed by atoms with E-state index in [9.17, 15) is 26.4 Å². The maximum absolute atomic E-state index is 12.7. The van der Waals surface area contributed by atoms with Gasteiger partial charge in [0.05, 0.1) is 17.5 Å². The molecular formula is C19H19F3N2O5S. The molecule has 0 aliphatic carbocycles. The minimum Gasteiger partial charge on any atom is -0.486 e. The van der Waals surface area contributed by atoms with E-state index in [1.807, 2.05) is 0 Å². The van der Waals surface area contributed by atoms with Crippen molar-refractivity contribution in [2.75, 3.05) is 29.1 Å². The lowest BCUT2D eigenvalue weighted by molar-refractivity contribution is -0.137. The number of nitrogens with zero attached hydrogens (tertiary/aromatic N) is 1. The number of anilines is 2. The summed E-state index contributed by atoms with van der Waals surface area (Å²) in [5.74, 6) is 0.0955. The van der Waals surface area contributed by atoms with Crippen LogP contribution in [0.3, 0.4) is 0 Å². The van der Waals surface area contributed by atoms with E-state index in [0.717, 1.165) is 34.8 Å². The summed E-state index contributed by atoms with van der Waals surface area (Å²) in [5.41, 5.74) is -0.560. The third-order valence-electron chi connectivity index (χ3n) is 4.35. The number of nitrogens with one attached hydrogen (secondary N) is 1. The first-order chi connectivity index (χ1) is 14.0. The van der Waals surface area contributed by atoms with Crippen LogP contribution in [0.1, 0.15) is 12.5 Å². The van der Waals surface area contributed by atoms with Gasteiger partial charge in [-0.25, -0.2) is 8.42 Å². The molecule has 0 saturated carbocycles. The lowest BCUT2D eigenvalue weighted by Crippen LogP contribution is -2.45. The molecule has 0 bridgehead atoms. The van der Waals surface area contributed by atoms with Crippen LogP contribution in [-0.2, 0) is 21.0 Å². The van der Waals surface area contributed by atoms with Crippen molar-refractivity contribution in [3.05, 3.63) is 48.0 Å². The number of benzene rings is 2. The largest absolute Gasteiger partial charge is 0.486 e. The first kappa shape index (κ1) is 21.8. The third kappa shape index (κ3) is 4.78. The van der Waals surface area contributed by atoms with Crippen LogP contribution in [0.15, 0.2) is 42.5 Å². The van der Waals surface area contributed by atoms with Gasteiger partial charge in [-0.05, 0) is 43.3 Å². The molecule has 11 heteroatoms. The Bertz CT molecular complexity index is 1040. The predicted molar refractivity (Wildman–Crippen MR) is 104 cm³/mol. The molecule has 0 unspecified atom stereocenters. The maximum Gasteiger partial charge on any atom is 0.416 e. The van der Waals surface area contributed by atoms with E-state index in [0.29, 0.717) is 24.7 Å². The molecule has 0 spiro atoms. The van der Waals surface area contributed by atoms with Crippen molar-refractivity contribution in [2.24, 2.45) is 0 Å². The zero-order chi connectivity index (χ0) is 22.1. The minimum atomic E-state index is -4.50. The Hall–Kier alpha value is -2.95. The average molecular weight is 444 g/mol. The SMILES string of the molecule is C[C@H](C(=O)Nc1ccc(C(F)(F)F)cc1)N(c1ccc2c(c1)OCCO2)S(C)(=O)=O. The van der Waals surface area contributed by atoms with Crippen LogP contribution in [0, 0.1) is 0 Å². The number of ether oxygens (including phenoxy) is 2. The first-order valence-electron chi connectivity index (χ1n) is 8.84. The molecule has 1 N–H and O–H groups in total. The zero-order valence-corrected chi connectivity index (χ0v) is 16.9. The van der Waals surface area contributed by atoms with Gasteiger partial charge in [-0.3, -0.25) is 9.10 Å². The minimum absolute atomic E-state index is 0.107. The fraction of sp³-hybridized carbons (Fsp3) is 0.316. The van der Waals surface area contributed by atoms with Crippen molar-refractivity contribution >= 4 is 27.3 Å². The number of alkyl halides is 3. The highest BCUT2D eigenvalue weighted by molar-refractivity contribution is 7.92. The van der Waals surface area contributed by atoms with E-state index < -0.39 is 33.7 Å². The van der Waals surface area contributed by atoms with Gasteiger partial charge in [0.1, 0.15) is 19.3 Å². The molecule has 0 fully saturated rings. The van der Waals surface area contributed by atoms with Crippen molar-refractivity contribution < 1.29 is 35.9 Å². The quantitative estimate of drug-likeness (QED) is 0.765. The lowest BCUT2D eigenvalue weighted by atomic mass is 10.2. The smallest absolute Gasteiger partial charge is 0.416 e. The topological polar surface area (TPSA) is 84.9 Å². The van der Waals surface area contributed by atoms with Gasteiger partial charge in [0, 0.05) is 11.8 Å². The Labute approximate surface area is 171 Å². The van der Waals surface area contributed by atoms with E-state index in [2.05, 4.69) is 5.32 Å². The number of halogens is 3. The molecular weight excluding hydrogens is 425 g/mol. The number of hydrogen-bond donors (Lipinski definition) is 1. The van der Waals surface area contributed by atoms with Gasteiger partial charge in [-0.15, -0.1) is 0 Å². The Morgan fingerprint density at radius 3 is 2.23 bits per heavy atom. The van der Waals surface area contributed by atoms with Crippen LogP contribution in [-0.4, -0.2) is 39.8 Å². The van der Waals surface area contributed by atoms with Gasteiger partial charge in [-0.2, -0.15) is 13.2 Å². The number of carbonyl (C=O) groups is 1. The van der Waals surface area contributed by atoms with Crippen molar-refractivity contribution in [3.8, 4) is 11.5 Å². The van der Waals surface area contributed by atoms with E-state index >= 15 is 0 Å². The molecule has 162 valence electrons. The molecule has 7 nitrogen and oxygen atoms in total. The molecule has 1 aliphatic rings. The average Bonchev–Trinajstić information content (AvgIpc) is 2.66. The number of fused-ring (bicyclic) bond motifs is 1. The molecule has 0 saturated heterocycles. The van der Waals surface area contributed by atoms with Gasteiger partial charge in [0.25, 0.3) is 0 Å². The van der Waals surface area contributed by atoms with E-state index in [1.165, 1.54) is 19.1 Å². The molecule has 1 aliphatic heterocycles. The molecule has 1 amide bonds.